The van der Waals surface area contributed by atoms with Crippen molar-refractivity contribution < 1.29 is 4.74 Å². The van der Waals surface area contributed by atoms with Crippen molar-refractivity contribution in [1.29, 1.82) is 0 Å². The van der Waals surface area contributed by atoms with Gasteiger partial charge in [0.15, 0.2) is 5.82 Å². The number of aromatic nitrogens is 3. The van der Waals surface area contributed by atoms with E-state index in [0.717, 1.165) is 33.8 Å². The molecular weight excluding hydrogens is 264 g/mol. The number of nitrogens with one attached hydrogen (secondary N) is 1. The summed E-state index contributed by atoms with van der Waals surface area (Å²) < 4.78 is 5.38. The molecule has 0 spiro atoms. The molecule has 2 aromatic heterocycles. The second-order valence-electron chi connectivity index (χ2n) is 4.76. The van der Waals surface area contributed by atoms with Crippen molar-refractivity contribution in [3.05, 3.63) is 48.2 Å². The summed E-state index contributed by atoms with van der Waals surface area (Å²) in [5, 5.41) is 7.11. The Morgan fingerprint density at radius 2 is 2.05 bits per heavy atom. The summed E-state index contributed by atoms with van der Waals surface area (Å²) in [6.07, 6.45) is 1.74. The van der Waals surface area contributed by atoms with Crippen LogP contribution in [0.3, 0.4) is 0 Å². The molecule has 0 aliphatic carbocycles. The Bertz CT molecular complexity index is 765. The maximum Gasteiger partial charge on any atom is 0.155 e. The number of ether oxygens (including phenoxy) is 1. The number of aromatic amines is 1. The lowest BCUT2D eigenvalue weighted by Gasteiger charge is -2.08. The molecule has 0 aliphatic rings. The number of nitrogens with zero attached hydrogens (tertiary/aromatic N) is 2. The van der Waals surface area contributed by atoms with Crippen LogP contribution in [0.2, 0.25) is 0 Å². The van der Waals surface area contributed by atoms with Gasteiger partial charge in [0.1, 0.15) is 5.75 Å². The highest BCUT2D eigenvalue weighted by Crippen LogP contribution is 2.35. The number of anilines is 1. The molecule has 0 radical (unpaired) electrons. The summed E-state index contributed by atoms with van der Waals surface area (Å²) in [5.74, 6) is 1.26. The van der Waals surface area contributed by atoms with E-state index in [1.54, 1.807) is 13.3 Å². The Balaban J connectivity index is 2.17. The van der Waals surface area contributed by atoms with E-state index in [1.165, 1.54) is 0 Å². The van der Waals surface area contributed by atoms with Crippen molar-refractivity contribution >= 4 is 5.82 Å². The van der Waals surface area contributed by atoms with Crippen molar-refractivity contribution in [2.24, 2.45) is 0 Å². The summed E-state index contributed by atoms with van der Waals surface area (Å²) in [5.41, 5.74) is 10.5. The van der Waals surface area contributed by atoms with E-state index in [0.29, 0.717) is 5.82 Å². The van der Waals surface area contributed by atoms with Gasteiger partial charge in [-0.2, -0.15) is 5.10 Å². The quantitative estimate of drug-likeness (QED) is 0.773. The van der Waals surface area contributed by atoms with E-state index in [2.05, 4.69) is 15.2 Å². The van der Waals surface area contributed by atoms with Gasteiger partial charge in [0.2, 0.25) is 0 Å². The molecule has 0 saturated heterocycles. The maximum absolute atomic E-state index is 6.00. The van der Waals surface area contributed by atoms with Gasteiger partial charge in [-0.3, -0.25) is 10.1 Å². The van der Waals surface area contributed by atoms with Crippen LogP contribution in [-0.4, -0.2) is 22.3 Å². The van der Waals surface area contributed by atoms with Crippen molar-refractivity contribution in [3.63, 3.8) is 0 Å². The van der Waals surface area contributed by atoms with Crippen LogP contribution in [0.5, 0.6) is 5.75 Å². The zero-order valence-corrected chi connectivity index (χ0v) is 11.9. The normalized spacial score (nSPS) is 10.6. The van der Waals surface area contributed by atoms with Crippen LogP contribution in [-0.2, 0) is 0 Å². The highest BCUT2D eigenvalue weighted by Gasteiger charge is 2.16. The number of nitrogen functional groups attached to an aromatic ring is 1. The fourth-order valence-electron chi connectivity index (χ4n) is 2.31. The van der Waals surface area contributed by atoms with Crippen LogP contribution in [0.25, 0.3) is 22.5 Å². The van der Waals surface area contributed by atoms with Gasteiger partial charge >= 0.3 is 0 Å². The van der Waals surface area contributed by atoms with Crippen molar-refractivity contribution in [2.45, 2.75) is 6.92 Å². The van der Waals surface area contributed by atoms with Crippen molar-refractivity contribution in [3.8, 4) is 28.3 Å². The molecule has 0 unspecified atom stereocenters. The van der Waals surface area contributed by atoms with E-state index in [9.17, 15) is 0 Å². The van der Waals surface area contributed by atoms with Gasteiger partial charge < -0.3 is 10.5 Å². The van der Waals surface area contributed by atoms with Gasteiger partial charge in [0, 0.05) is 11.8 Å². The third-order valence-electron chi connectivity index (χ3n) is 3.41. The third-order valence-corrected chi connectivity index (χ3v) is 3.41. The molecule has 21 heavy (non-hydrogen) atoms. The number of methoxy groups -OCH3 is 1. The van der Waals surface area contributed by atoms with E-state index in [-0.39, 0.29) is 0 Å². The third kappa shape index (κ3) is 2.33. The van der Waals surface area contributed by atoms with Crippen LogP contribution >= 0.6 is 0 Å². The fraction of sp³-hybridized carbons (Fsp3) is 0.125. The highest BCUT2D eigenvalue weighted by molar-refractivity contribution is 5.86. The van der Waals surface area contributed by atoms with Crippen molar-refractivity contribution in [1.82, 2.24) is 15.2 Å². The molecule has 0 aliphatic heterocycles. The molecule has 0 atom stereocenters. The lowest BCUT2D eigenvalue weighted by molar-refractivity contribution is 0.412. The molecule has 106 valence electrons. The van der Waals surface area contributed by atoms with Crippen LogP contribution < -0.4 is 10.5 Å². The zero-order chi connectivity index (χ0) is 14.8. The lowest BCUT2D eigenvalue weighted by atomic mass is 10.0. The first kappa shape index (κ1) is 13.2. The van der Waals surface area contributed by atoms with Gasteiger partial charge in [-0.05, 0) is 30.7 Å². The molecule has 3 aromatic rings. The minimum Gasteiger partial charge on any atom is -0.496 e. The van der Waals surface area contributed by atoms with E-state index in [4.69, 9.17) is 10.5 Å². The number of benzene rings is 1. The molecule has 5 nitrogen and oxygen atoms in total. The molecule has 2 heterocycles. The number of hydrogen-bond donors (Lipinski definition) is 2. The molecule has 5 heteroatoms. The fourth-order valence-corrected chi connectivity index (χ4v) is 2.31. The number of hydrogen-bond acceptors (Lipinski definition) is 4. The summed E-state index contributed by atoms with van der Waals surface area (Å²) in [6.45, 7) is 2.00. The number of nitrogens with two attached hydrogens (primary N) is 1. The van der Waals surface area contributed by atoms with E-state index >= 15 is 0 Å². The molecule has 3 rings (SSSR count). The predicted molar refractivity (Wildman–Crippen MR) is 83.0 cm³/mol. The first-order valence-electron chi connectivity index (χ1n) is 6.61. The smallest absolute Gasteiger partial charge is 0.155 e. The Kier molecular flexibility index (Phi) is 3.31. The molecule has 3 N–H and O–H groups in total. The van der Waals surface area contributed by atoms with Crippen LogP contribution in [0.15, 0.2) is 42.6 Å². The minimum absolute atomic E-state index is 0.434. The summed E-state index contributed by atoms with van der Waals surface area (Å²) in [4.78, 5) is 4.36. The lowest BCUT2D eigenvalue weighted by Crippen LogP contribution is -1.92. The Hall–Kier alpha value is -2.82. The highest BCUT2D eigenvalue weighted by atomic mass is 16.5. The molecule has 0 amide bonds. The number of rotatable bonds is 3. The number of pyridine rings is 1. The van der Waals surface area contributed by atoms with E-state index in [1.807, 2.05) is 43.3 Å². The van der Waals surface area contributed by atoms with Gasteiger partial charge in [-0.25, -0.2) is 0 Å². The van der Waals surface area contributed by atoms with Gasteiger partial charge in [0.25, 0.3) is 0 Å². The monoisotopic (exact) mass is 280 g/mol. The summed E-state index contributed by atoms with van der Waals surface area (Å²) in [6, 6.07) is 11.7. The number of H-pyrrole nitrogens is 1. The van der Waals surface area contributed by atoms with Crippen LogP contribution in [0.1, 0.15) is 5.56 Å². The largest absolute Gasteiger partial charge is 0.496 e. The average molecular weight is 280 g/mol. The first-order valence-corrected chi connectivity index (χ1v) is 6.61. The van der Waals surface area contributed by atoms with Crippen LogP contribution in [0, 0.1) is 6.92 Å². The summed E-state index contributed by atoms with van der Waals surface area (Å²) >= 11 is 0. The Labute approximate surface area is 122 Å². The summed E-state index contributed by atoms with van der Waals surface area (Å²) in [7, 11) is 1.66. The predicted octanol–water partition coefficient (Wildman–Crippen LogP) is 3.04. The van der Waals surface area contributed by atoms with E-state index < -0.39 is 0 Å². The van der Waals surface area contributed by atoms with Crippen LogP contribution in [0.4, 0.5) is 5.82 Å². The molecule has 0 saturated carbocycles. The molecule has 1 aromatic carbocycles. The molecule has 0 bridgehead atoms. The topological polar surface area (TPSA) is 76.8 Å². The standard InChI is InChI=1S/C16H16N4O/c1-10-6-7-11(9-13(10)21-2)15-14(16(17)20-19-15)12-5-3-4-8-18-12/h3-9H,1-2H3,(H3,17,19,20). The number of aryl methyl sites for hydroxylation is 1. The molecular formula is C16H16N4O. The first-order chi connectivity index (χ1) is 10.2. The van der Waals surface area contributed by atoms with Gasteiger partial charge in [-0.15, -0.1) is 0 Å². The maximum atomic E-state index is 6.00. The molecule has 0 fully saturated rings. The average Bonchev–Trinajstić information content (AvgIpc) is 2.90. The second kappa shape index (κ2) is 5.28. The second-order valence-corrected chi connectivity index (χ2v) is 4.76. The van der Waals surface area contributed by atoms with Crippen molar-refractivity contribution in [2.75, 3.05) is 12.8 Å². The minimum atomic E-state index is 0.434. The Morgan fingerprint density at radius 1 is 1.19 bits per heavy atom. The SMILES string of the molecule is COc1cc(-c2[nH]nc(N)c2-c2ccccn2)ccc1C. The Morgan fingerprint density at radius 3 is 2.76 bits per heavy atom. The zero-order valence-electron chi connectivity index (χ0n) is 11.9. The van der Waals surface area contributed by atoms with Gasteiger partial charge in [0.05, 0.1) is 24.1 Å². The van der Waals surface area contributed by atoms with Gasteiger partial charge in [-0.1, -0.05) is 18.2 Å².